The van der Waals surface area contributed by atoms with E-state index >= 15 is 0 Å². The Bertz CT molecular complexity index is 564. The third-order valence-electron chi connectivity index (χ3n) is 2.83. The highest BCUT2D eigenvalue weighted by atomic mass is 16.6. The van der Waals surface area contributed by atoms with Gasteiger partial charge in [0, 0.05) is 11.9 Å². The Balaban J connectivity index is 2.11. The number of likely N-dealkylation sites (N-methyl/N-ethyl adjacent to an activating group) is 1. The summed E-state index contributed by atoms with van der Waals surface area (Å²) in [6, 6.07) is 13.7. The average Bonchev–Trinajstić information content (AvgIpc) is 2.39. The molecule has 0 radical (unpaired) electrons. The number of rotatable bonds is 4. The number of anilines is 1. The fourth-order valence-electron chi connectivity index (χ4n) is 1.99. The average molecular weight is 258 g/mol. The highest BCUT2D eigenvalue weighted by Crippen LogP contribution is 2.23. The molecule has 4 heteroatoms. The van der Waals surface area contributed by atoms with E-state index in [0.717, 1.165) is 16.5 Å². The molecule has 0 aliphatic carbocycles. The van der Waals surface area contributed by atoms with Crippen molar-refractivity contribution in [3.05, 3.63) is 42.5 Å². The van der Waals surface area contributed by atoms with E-state index in [4.69, 9.17) is 4.74 Å². The first-order valence-corrected chi connectivity index (χ1v) is 6.30. The van der Waals surface area contributed by atoms with Gasteiger partial charge in [-0.2, -0.15) is 0 Å². The molecule has 0 spiro atoms. The summed E-state index contributed by atoms with van der Waals surface area (Å²) in [7, 11) is 1.82. The topological polar surface area (TPSA) is 50.4 Å². The highest BCUT2D eigenvalue weighted by molar-refractivity contribution is 6.00. The summed E-state index contributed by atoms with van der Waals surface area (Å²) in [6.45, 7) is 2.47. The number of amides is 1. The van der Waals surface area contributed by atoms with Crippen molar-refractivity contribution in [2.24, 2.45) is 0 Å². The van der Waals surface area contributed by atoms with E-state index in [9.17, 15) is 4.79 Å². The standard InChI is InChI=1S/C15H18N2O2/c1-11(10-16-2)19-15(18)17-14-9-5-7-12-6-3-4-8-13(12)14/h3-9,11,16H,10H2,1-2H3,(H,17,18). The molecule has 0 aliphatic heterocycles. The fourth-order valence-corrected chi connectivity index (χ4v) is 1.99. The minimum atomic E-state index is -0.431. The van der Waals surface area contributed by atoms with Gasteiger partial charge in [-0.3, -0.25) is 5.32 Å². The van der Waals surface area contributed by atoms with E-state index in [1.807, 2.05) is 56.4 Å². The molecule has 1 atom stereocenters. The molecule has 0 saturated carbocycles. The molecule has 1 unspecified atom stereocenters. The van der Waals surface area contributed by atoms with E-state index in [-0.39, 0.29) is 6.10 Å². The van der Waals surface area contributed by atoms with Crippen LogP contribution in [0.15, 0.2) is 42.5 Å². The van der Waals surface area contributed by atoms with Crippen LogP contribution >= 0.6 is 0 Å². The van der Waals surface area contributed by atoms with Crippen LogP contribution in [0.1, 0.15) is 6.92 Å². The van der Waals surface area contributed by atoms with Gasteiger partial charge in [-0.25, -0.2) is 4.79 Å². The SMILES string of the molecule is CNCC(C)OC(=O)Nc1cccc2ccccc12. The normalized spacial score (nSPS) is 12.1. The van der Waals surface area contributed by atoms with Crippen molar-refractivity contribution in [2.45, 2.75) is 13.0 Å². The van der Waals surface area contributed by atoms with Crippen molar-refractivity contribution in [1.29, 1.82) is 0 Å². The number of benzene rings is 2. The Morgan fingerprint density at radius 2 is 1.95 bits per heavy atom. The lowest BCUT2D eigenvalue weighted by Gasteiger charge is -2.14. The first-order valence-electron chi connectivity index (χ1n) is 6.30. The summed E-state index contributed by atoms with van der Waals surface area (Å²) in [5.41, 5.74) is 0.764. The largest absolute Gasteiger partial charge is 0.445 e. The maximum Gasteiger partial charge on any atom is 0.411 e. The second kappa shape index (κ2) is 6.20. The lowest BCUT2D eigenvalue weighted by molar-refractivity contribution is 0.121. The molecule has 0 bridgehead atoms. The Hall–Kier alpha value is -2.07. The van der Waals surface area contributed by atoms with E-state index in [0.29, 0.717) is 6.54 Å². The van der Waals surface area contributed by atoms with Gasteiger partial charge < -0.3 is 10.1 Å². The number of fused-ring (bicyclic) bond motifs is 1. The van der Waals surface area contributed by atoms with Crippen molar-refractivity contribution < 1.29 is 9.53 Å². The van der Waals surface area contributed by atoms with Crippen molar-refractivity contribution >= 4 is 22.6 Å². The van der Waals surface area contributed by atoms with Gasteiger partial charge in [0.25, 0.3) is 0 Å². The molecule has 4 nitrogen and oxygen atoms in total. The third kappa shape index (κ3) is 3.45. The van der Waals surface area contributed by atoms with Gasteiger partial charge >= 0.3 is 6.09 Å². The summed E-state index contributed by atoms with van der Waals surface area (Å²) in [5.74, 6) is 0. The maximum atomic E-state index is 11.8. The molecule has 0 saturated heterocycles. The smallest absolute Gasteiger partial charge is 0.411 e. The van der Waals surface area contributed by atoms with Crippen molar-refractivity contribution in [1.82, 2.24) is 5.32 Å². The Morgan fingerprint density at radius 3 is 2.74 bits per heavy atom. The lowest BCUT2D eigenvalue weighted by atomic mass is 10.1. The van der Waals surface area contributed by atoms with Crippen LogP contribution in [0.3, 0.4) is 0 Å². The molecule has 0 fully saturated rings. The summed E-state index contributed by atoms with van der Waals surface area (Å²) in [5, 5.41) is 7.84. The predicted octanol–water partition coefficient (Wildman–Crippen LogP) is 3.00. The van der Waals surface area contributed by atoms with E-state index in [1.165, 1.54) is 0 Å². The van der Waals surface area contributed by atoms with Crippen LogP contribution in [0.4, 0.5) is 10.5 Å². The van der Waals surface area contributed by atoms with Crippen LogP contribution in [0.25, 0.3) is 10.8 Å². The summed E-state index contributed by atoms with van der Waals surface area (Å²) >= 11 is 0. The zero-order chi connectivity index (χ0) is 13.7. The number of carbonyl (C=O) groups excluding carboxylic acids is 1. The number of nitrogens with one attached hydrogen (secondary N) is 2. The second-order valence-corrected chi connectivity index (χ2v) is 4.43. The first kappa shape index (κ1) is 13.4. The van der Waals surface area contributed by atoms with Crippen LogP contribution in [-0.2, 0) is 4.74 Å². The van der Waals surface area contributed by atoms with Gasteiger partial charge in [-0.1, -0.05) is 36.4 Å². The minimum absolute atomic E-state index is 0.167. The molecule has 0 aliphatic rings. The van der Waals surface area contributed by atoms with Crippen molar-refractivity contribution in [2.75, 3.05) is 18.9 Å². The van der Waals surface area contributed by atoms with Crippen LogP contribution in [-0.4, -0.2) is 25.8 Å². The fraction of sp³-hybridized carbons (Fsp3) is 0.267. The van der Waals surface area contributed by atoms with Crippen LogP contribution in [0, 0.1) is 0 Å². The summed E-state index contributed by atoms with van der Waals surface area (Å²) in [4.78, 5) is 11.8. The molecule has 0 aromatic heterocycles. The Kier molecular flexibility index (Phi) is 4.36. The Labute approximate surface area is 112 Å². The van der Waals surface area contributed by atoms with Crippen LogP contribution in [0.5, 0.6) is 0 Å². The molecule has 100 valence electrons. The Morgan fingerprint density at radius 1 is 1.21 bits per heavy atom. The van der Waals surface area contributed by atoms with Gasteiger partial charge in [-0.05, 0) is 25.4 Å². The zero-order valence-electron chi connectivity index (χ0n) is 11.1. The molecule has 2 N–H and O–H groups in total. The van der Waals surface area contributed by atoms with Gasteiger partial charge in [-0.15, -0.1) is 0 Å². The summed E-state index contributed by atoms with van der Waals surface area (Å²) < 4.78 is 5.23. The number of hydrogen-bond acceptors (Lipinski definition) is 3. The van der Waals surface area contributed by atoms with E-state index < -0.39 is 6.09 Å². The lowest BCUT2D eigenvalue weighted by Crippen LogP contribution is -2.28. The van der Waals surface area contributed by atoms with E-state index in [1.54, 1.807) is 0 Å². The monoisotopic (exact) mass is 258 g/mol. The highest BCUT2D eigenvalue weighted by Gasteiger charge is 2.10. The molecular weight excluding hydrogens is 240 g/mol. The predicted molar refractivity (Wildman–Crippen MR) is 77.4 cm³/mol. The number of hydrogen-bond donors (Lipinski definition) is 2. The maximum absolute atomic E-state index is 11.8. The third-order valence-corrected chi connectivity index (χ3v) is 2.83. The molecule has 2 aromatic rings. The number of carbonyl (C=O) groups is 1. The molecular formula is C15H18N2O2. The molecule has 2 rings (SSSR count). The number of ether oxygens (including phenoxy) is 1. The summed E-state index contributed by atoms with van der Waals surface area (Å²) in [6.07, 6.45) is -0.598. The molecule has 1 amide bonds. The van der Waals surface area contributed by atoms with Gasteiger partial charge in [0.05, 0.1) is 5.69 Å². The van der Waals surface area contributed by atoms with Crippen LogP contribution in [0.2, 0.25) is 0 Å². The zero-order valence-corrected chi connectivity index (χ0v) is 11.1. The van der Waals surface area contributed by atoms with Gasteiger partial charge in [0.2, 0.25) is 0 Å². The second-order valence-electron chi connectivity index (χ2n) is 4.43. The molecule has 0 heterocycles. The first-order chi connectivity index (χ1) is 9.20. The molecule has 19 heavy (non-hydrogen) atoms. The van der Waals surface area contributed by atoms with E-state index in [2.05, 4.69) is 10.6 Å². The van der Waals surface area contributed by atoms with Gasteiger partial charge in [0.1, 0.15) is 6.10 Å². The van der Waals surface area contributed by atoms with Crippen molar-refractivity contribution in [3.8, 4) is 0 Å². The van der Waals surface area contributed by atoms with Crippen molar-refractivity contribution in [3.63, 3.8) is 0 Å². The minimum Gasteiger partial charge on any atom is -0.445 e. The molecule has 2 aromatic carbocycles. The van der Waals surface area contributed by atoms with Gasteiger partial charge in [0.15, 0.2) is 0 Å². The quantitative estimate of drug-likeness (QED) is 0.886. The van der Waals surface area contributed by atoms with Crippen LogP contribution < -0.4 is 10.6 Å².